The van der Waals surface area contributed by atoms with Crippen molar-refractivity contribution in [3.63, 3.8) is 0 Å². The SMILES string of the molecule is c1ccc(-c2nc3ccccc3n2-c2cnc3c(c2)C(c2ccccc2)(C2(c4ccccc4)c4cccnc4-c4ncc(-n5c(-c6ccccc6)nc6ccccc65)cc42)c2cccnc2-3)cc1. The van der Waals surface area contributed by atoms with E-state index in [0.29, 0.717) is 0 Å². The van der Waals surface area contributed by atoms with Crippen molar-refractivity contribution in [2.45, 2.75) is 10.8 Å². The fourth-order valence-electron chi connectivity index (χ4n) is 11.6. The molecule has 14 rings (SSSR count). The summed E-state index contributed by atoms with van der Waals surface area (Å²) in [6, 6.07) is 72.7. The van der Waals surface area contributed by atoms with E-state index in [4.69, 9.17) is 29.9 Å². The van der Waals surface area contributed by atoms with Gasteiger partial charge in [-0.05, 0) is 81.9 Å². The lowest BCUT2D eigenvalue weighted by Gasteiger charge is -2.50. The normalized spacial score (nSPS) is 16.6. The van der Waals surface area contributed by atoms with Crippen molar-refractivity contribution in [2.75, 3.05) is 0 Å². The predicted octanol–water partition coefficient (Wildman–Crippen LogP) is 12.6. The molecule has 2 aliphatic carbocycles. The number of nitrogens with zero attached hydrogens (tertiary/aromatic N) is 8. The van der Waals surface area contributed by atoms with Crippen molar-refractivity contribution in [3.05, 3.63) is 264 Å². The standard InChI is InChI=1S/C60H38N8/c1-5-19-39(20-6-1)57-65-49-29-13-15-31-51(49)67(57)43-35-47-55(63-37-43)53-45(27-17-33-61-53)59(47,41-23-9-3-10-24-41)60(42-25-11-4-12-26-42)46-28-18-34-62-54(46)56-48(60)36-44(38-64-56)68-52-32-16-14-30-50(52)66-58(68)40-21-7-2-8-22-40/h1-38H. The van der Waals surface area contributed by atoms with Crippen molar-refractivity contribution >= 4 is 22.1 Å². The van der Waals surface area contributed by atoms with Crippen LogP contribution in [-0.2, 0) is 10.8 Å². The predicted molar refractivity (Wildman–Crippen MR) is 268 cm³/mol. The third-order valence-electron chi connectivity index (χ3n) is 14.1. The molecule has 0 amide bonds. The fourth-order valence-corrected chi connectivity index (χ4v) is 11.6. The van der Waals surface area contributed by atoms with Crippen LogP contribution in [0.15, 0.2) is 231 Å². The highest BCUT2D eigenvalue weighted by Crippen LogP contribution is 2.69. The van der Waals surface area contributed by atoms with Gasteiger partial charge in [0, 0.05) is 23.5 Å². The molecule has 6 aromatic carbocycles. The van der Waals surface area contributed by atoms with E-state index in [1.54, 1.807) is 0 Å². The van der Waals surface area contributed by atoms with Crippen LogP contribution in [0.4, 0.5) is 0 Å². The van der Waals surface area contributed by atoms with Crippen molar-refractivity contribution in [3.8, 4) is 56.9 Å². The van der Waals surface area contributed by atoms with Gasteiger partial charge in [0.1, 0.15) is 11.6 Å². The molecule has 2 unspecified atom stereocenters. The van der Waals surface area contributed by atoms with Gasteiger partial charge < -0.3 is 0 Å². The number of hydrogen-bond acceptors (Lipinski definition) is 6. The Balaban J connectivity index is 1.15. The van der Waals surface area contributed by atoms with E-state index in [1.807, 2.05) is 49.1 Å². The smallest absolute Gasteiger partial charge is 0.145 e. The first-order valence-corrected chi connectivity index (χ1v) is 22.9. The highest BCUT2D eigenvalue weighted by Gasteiger charge is 2.66. The fraction of sp³-hybridized carbons (Fsp3) is 0.0333. The molecule has 0 aliphatic heterocycles. The Morgan fingerprint density at radius 2 is 0.691 bits per heavy atom. The molecule has 318 valence electrons. The number of benzene rings is 6. The van der Waals surface area contributed by atoms with Crippen LogP contribution in [0.3, 0.4) is 0 Å². The lowest BCUT2D eigenvalue weighted by atomic mass is 9.49. The van der Waals surface area contributed by atoms with Gasteiger partial charge in [0.2, 0.25) is 0 Å². The zero-order valence-corrected chi connectivity index (χ0v) is 36.5. The molecule has 2 atom stereocenters. The molecule has 0 N–H and O–H groups in total. The Kier molecular flexibility index (Phi) is 8.24. The molecule has 12 aromatic rings. The third-order valence-corrected chi connectivity index (χ3v) is 14.1. The van der Waals surface area contributed by atoms with Gasteiger partial charge in [0.05, 0.1) is 79.4 Å². The molecule has 6 aromatic heterocycles. The molecule has 0 radical (unpaired) electrons. The lowest BCUT2D eigenvalue weighted by molar-refractivity contribution is 0.435. The molecule has 0 saturated heterocycles. The van der Waals surface area contributed by atoms with Gasteiger partial charge >= 0.3 is 0 Å². The van der Waals surface area contributed by atoms with Crippen LogP contribution in [0, 0.1) is 0 Å². The quantitative estimate of drug-likeness (QED) is 0.159. The van der Waals surface area contributed by atoms with Gasteiger partial charge in [-0.25, -0.2) is 9.97 Å². The first-order chi connectivity index (χ1) is 33.7. The minimum atomic E-state index is -1.01. The number of para-hydroxylation sites is 4. The van der Waals surface area contributed by atoms with Crippen LogP contribution < -0.4 is 0 Å². The summed E-state index contributed by atoms with van der Waals surface area (Å²) in [7, 11) is 0. The average Bonchev–Trinajstić information content (AvgIpc) is 4.16. The largest absolute Gasteiger partial charge is 0.291 e. The zero-order chi connectivity index (χ0) is 44.8. The highest BCUT2D eigenvalue weighted by atomic mass is 15.1. The van der Waals surface area contributed by atoms with Crippen LogP contribution in [0.25, 0.3) is 79.0 Å². The van der Waals surface area contributed by atoms with Crippen molar-refractivity contribution in [1.82, 2.24) is 39.0 Å². The summed E-state index contributed by atoms with van der Waals surface area (Å²) in [5.74, 6) is 1.67. The van der Waals surface area contributed by atoms with Gasteiger partial charge in [0.15, 0.2) is 0 Å². The highest BCUT2D eigenvalue weighted by molar-refractivity contribution is 5.91. The first-order valence-electron chi connectivity index (χ1n) is 22.9. The Bertz CT molecular complexity index is 3660. The summed E-state index contributed by atoms with van der Waals surface area (Å²) in [5, 5.41) is 0. The molecule has 6 heterocycles. The monoisotopic (exact) mass is 870 g/mol. The summed E-state index contributed by atoms with van der Waals surface area (Å²) in [6.07, 6.45) is 7.75. The maximum absolute atomic E-state index is 5.51. The molecule has 0 bridgehead atoms. The minimum absolute atomic E-state index is 0.823. The van der Waals surface area contributed by atoms with E-state index >= 15 is 0 Å². The number of hydrogen-bond donors (Lipinski definition) is 0. The van der Waals surface area contributed by atoms with Crippen LogP contribution in [0.5, 0.6) is 0 Å². The molecule has 8 heteroatoms. The summed E-state index contributed by atoms with van der Waals surface area (Å²) in [6.45, 7) is 0. The summed E-state index contributed by atoms with van der Waals surface area (Å²) >= 11 is 0. The Labute approximate surface area is 391 Å². The molecular weight excluding hydrogens is 833 g/mol. The number of imidazole rings is 2. The lowest BCUT2D eigenvalue weighted by Crippen LogP contribution is -2.50. The maximum Gasteiger partial charge on any atom is 0.145 e. The van der Waals surface area contributed by atoms with Gasteiger partial charge in [-0.15, -0.1) is 0 Å². The molecule has 0 fully saturated rings. The third kappa shape index (κ3) is 5.14. The van der Waals surface area contributed by atoms with Crippen LogP contribution >= 0.6 is 0 Å². The van der Waals surface area contributed by atoms with Crippen molar-refractivity contribution in [2.24, 2.45) is 0 Å². The van der Waals surface area contributed by atoms with E-state index in [0.717, 1.165) is 112 Å². The Morgan fingerprint density at radius 3 is 1.12 bits per heavy atom. The summed E-state index contributed by atoms with van der Waals surface area (Å²) in [5.41, 5.74) is 15.2. The topological polar surface area (TPSA) is 87.2 Å². The second-order valence-electron chi connectivity index (χ2n) is 17.5. The van der Waals surface area contributed by atoms with E-state index in [2.05, 4.69) is 191 Å². The Morgan fingerprint density at radius 1 is 0.324 bits per heavy atom. The van der Waals surface area contributed by atoms with Crippen LogP contribution in [-0.4, -0.2) is 39.0 Å². The van der Waals surface area contributed by atoms with E-state index in [1.165, 1.54) is 0 Å². The molecule has 0 spiro atoms. The first kappa shape index (κ1) is 38.2. The molecule has 8 nitrogen and oxygen atoms in total. The zero-order valence-electron chi connectivity index (χ0n) is 36.5. The Hall–Kier alpha value is -9.14. The van der Waals surface area contributed by atoms with Gasteiger partial charge in [0.25, 0.3) is 0 Å². The minimum Gasteiger partial charge on any atom is -0.291 e. The number of pyridine rings is 4. The average molecular weight is 871 g/mol. The van der Waals surface area contributed by atoms with Gasteiger partial charge in [-0.1, -0.05) is 158 Å². The maximum atomic E-state index is 5.51. The molecule has 0 saturated carbocycles. The molecule has 2 aliphatic rings. The number of aromatic nitrogens is 8. The summed E-state index contributed by atoms with van der Waals surface area (Å²) in [4.78, 5) is 32.1. The van der Waals surface area contributed by atoms with Crippen molar-refractivity contribution in [1.29, 1.82) is 0 Å². The summed E-state index contributed by atoms with van der Waals surface area (Å²) < 4.78 is 4.51. The second kappa shape index (κ2) is 14.7. The van der Waals surface area contributed by atoms with Crippen molar-refractivity contribution < 1.29 is 0 Å². The van der Waals surface area contributed by atoms with E-state index in [9.17, 15) is 0 Å². The van der Waals surface area contributed by atoms with Crippen LogP contribution in [0.2, 0.25) is 0 Å². The molecular formula is C60H38N8. The van der Waals surface area contributed by atoms with E-state index < -0.39 is 10.8 Å². The van der Waals surface area contributed by atoms with Gasteiger partial charge in [-0.3, -0.25) is 29.1 Å². The molecule has 68 heavy (non-hydrogen) atoms. The van der Waals surface area contributed by atoms with Crippen LogP contribution in [0.1, 0.15) is 33.4 Å². The number of fused-ring (bicyclic) bond motifs is 8. The second-order valence-corrected chi connectivity index (χ2v) is 17.5. The number of rotatable bonds is 7. The van der Waals surface area contributed by atoms with E-state index in [-0.39, 0.29) is 0 Å². The van der Waals surface area contributed by atoms with Gasteiger partial charge in [-0.2, -0.15) is 0 Å².